The van der Waals surface area contributed by atoms with Crippen LogP contribution in [-0.4, -0.2) is 34.0 Å². The van der Waals surface area contributed by atoms with E-state index in [-0.39, 0.29) is 17.9 Å². The number of aromatic nitrogens is 1. The van der Waals surface area contributed by atoms with Crippen molar-refractivity contribution in [3.05, 3.63) is 105 Å². The second-order valence-corrected chi connectivity index (χ2v) is 10.6. The fourth-order valence-electron chi connectivity index (χ4n) is 5.08. The van der Waals surface area contributed by atoms with Crippen molar-refractivity contribution in [2.24, 2.45) is 0 Å². The highest BCUT2D eigenvalue weighted by Gasteiger charge is 2.36. The molecule has 0 aliphatic carbocycles. The van der Waals surface area contributed by atoms with Gasteiger partial charge < -0.3 is 19.7 Å². The molecule has 2 aromatic carbocycles. The van der Waals surface area contributed by atoms with E-state index in [4.69, 9.17) is 11.6 Å². The number of nitrogens with one attached hydrogen (secondary N) is 1. The molecule has 0 radical (unpaired) electrons. The first-order valence-corrected chi connectivity index (χ1v) is 12.8. The molecule has 0 saturated heterocycles. The maximum Gasteiger partial charge on any atom is 0.322 e. The second kappa shape index (κ2) is 8.82. The maximum absolute atomic E-state index is 13.8. The molecule has 2 aliphatic heterocycles. The maximum atomic E-state index is 13.8. The topological polar surface area (TPSA) is 40.5 Å². The Balaban J connectivity index is 1.48. The molecule has 1 unspecified atom stereocenters. The van der Waals surface area contributed by atoms with E-state index in [0.717, 1.165) is 30.8 Å². The number of amides is 2. The summed E-state index contributed by atoms with van der Waals surface area (Å²) in [6.07, 6.45) is 3.05. The molecule has 6 rings (SSSR count). The minimum absolute atomic E-state index is 0.231. The molecule has 178 valence electrons. The van der Waals surface area contributed by atoms with Gasteiger partial charge in [-0.3, -0.25) is 0 Å². The van der Waals surface area contributed by atoms with Gasteiger partial charge in [0.1, 0.15) is 10.8 Å². The Hall–Kier alpha value is -3.13. The van der Waals surface area contributed by atoms with Gasteiger partial charge in [-0.05, 0) is 73.1 Å². The van der Waals surface area contributed by atoms with E-state index in [0.29, 0.717) is 17.3 Å². The molecule has 4 heterocycles. The molecule has 2 aromatic heterocycles. The quantitative estimate of drug-likeness (QED) is 0.339. The van der Waals surface area contributed by atoms with Crippen LogP contribution < -0.4 is 5.32 Å². The van der Waals surface area contributed by atoms with Crippen LogP contribution in [0.5, 0.6) is 0 Å². The van der Waals surface area contributed by atoms with E-state index in [2.05, 4.69) is 34.1 Å². The number of rotatable bonds is 2. The summed E-state index contributed by atoms with van der Waals surface area (Å²) in [6, 6.07) is 17.1. The Morgan fingerprint density at radius 2 is 1.83 bits per heavy atom. The van der Waals surface area contributed by atoms with Gasteiger partial charge in [0, 0.05) is 40.4 Å². The predicted octanol–water partition coefficient (Wildman–Crippen LogP) is 6.46. The number of nitrogens with zero attached hydrogens (tertiary/aromatic N) is 3. The number of carbonyl (C=O) groups excluding carboxylic acids is 1. The molecule has 0 fully saturated rings. The lowest BCUT2D eigenvalue weighted by Crippen LogP contribution is -2.38. The summed E-state index contributed by atoms with van der Waals surface area (Å²) in [6.45, 7) is 2.40. The van der Waals surface area contributed by atoms with Crippen LogP contribution in [0.4, 0.5) is 14.9 Å². The van der Waals surface area contributed by atoms with Crippen LogP contribution >= 0.6 is 22.9 Å². The second-order valence-electron chi connectivity index (χ2n) is 9.10. The Morgan fingerprint density at radius 1 is 1.06 bits per heavy atom. The van der Waals surface area contributed by atoms with Crippen molar-refractivity contribution in [2.75, 3.05) is 18.9 Å². The van der Waals surface area contributed by atoms with Crippen molar-refractivity contribution in [2.45, 2.75) is 25.6 Å². The zero-order valence-electron chi connectivity index (χ0n) is 19.2. The van der Waals surface area contributed by atoms with Gasteiger partial charge in [0.2, 0.25) is 0 Å². The van der Waals surface area contributed by atoms with Crippen molar-refractivity contribution in [3.63, 3.8) is 0 Å². The van der Waals surface area contributed by atoms with Gasteiger partial charge in [0.25, 0.3) is 0 Å². The summed E-state index contributed by atoms with van der Waals surface area (Å²) in [5, 5.41) is 4.82. The number of likely N-dealkylation sites (N-methyl/N-ethyl adjacent to an activating group) is 1. The molecular weight excluding hydrogens is 483 g/mol. The van der Waals surface area contributed by atoms with Gasteiger partial charge in [0.05, 0.1) is 18.3 Å². The lowest BCUT2D eigenvalue weighted by molar-refractivity contribution is 0.194. The van der Waals surface area contributed by atoms with Gasteiger partial charge in [-0.25, -0.2) is 9.18 Å². The number of urea groups is 1. The Labute approximate surface area is 212 Å². The van der Waals surface area contributed by atoms with Crippen LogP contribution in [0.2, 0.25) is 5.02 Å². The van der Waals surface area contributed by atoms with E-state index < -0.39 is 0 Å². The minimum atomic E-state index is -0.339. The van der Waals surface area contributed by atoms with E-state index in [1.807, 2.05) is 46.6 Å². The molecule has 0 bridgehead atoms. The highest BCUT2D eigenvalue weighted by atomic mass is 35.5. The summed E-state index contributed by atoms with van der Waals surface area (Å²) in [4.78, 5) is 19.4. The van der Waals surface area contributed by atoms with Gasteiger partial charge in [-0.1, -0.05) is 23.7 Å². The highest BCUT2D eigenvalue weighted by Crippen LogP contribution is 2.43. The number of carbonyl (C=O) groups is 1. The van der Waals surface area contributed by atoms with E-state index >= 15 is 0 Å². The van der Waals surface area contributed by atoms with Crippen molar-refractivity contribution in [1.29, 1.82) is 0 Å². The molecule has 4 aromatic rings. The monoisotopic (exact) mass is 506 g/mol. The average molecular weight is 507 g/mol. The molecule has 35 heavy (non-hydrogen) atoms. The van der Waals surface area contributed by atoms with Crippen LogP contribution in [0.15, 0.2) is 66.9 Å². The van der Waals surface area contributed by atoms with Gasteiger partial charge in [0.15, 0.2) is 0 Å². The first kappa shape index (κ1) is 22.3. The number of hydrogen-bond acceptors (Lipinski definition) is 3. The van der Waals surface area contributed by atoms with Crippen molar-refractivity contribution in [1.82, 2.24) is 14.4 Å². The van der Waals surface area contributed by atoms with Gasteiger partial charge >= 0.3 is 6.03 Å². The van der Waals surface area contributed by atoms with Crippen LogP contribution in [0.1, 0.15) is 33.3 Å². The molecule has 1 atom stereocenters. The van der Waals surface area contributed by atoms with Crippen LogP contribution in [0.25, 0.3) is 5.00 Å². The Kier molecular flexibility index (Phi) is 5.63. The van der Waals surface area contributed by atoms with E-state index in [1.54, 1.807) is 12.1 Å². The number of hydrogen-bond donors (Lipinski definition) is 1. The van der Waals surface area contributed by atoms with E-state index in [1.165, 1.54) is 33.1 Å². The van der Waals surface area contributed by atoms with Crippen molar-refractivity contribution >= 4 is 34.7 Å². The lowest BCUT2D eigenvalue weighted by Gasteiger charge is -2.32. The van der Waals surface area contributed by atoms with Crippen LogP contribution in [0.3, 0.4) is 0 Å². The summed E-state index contributed by atoms with van der Waals surface area (Å²) in [5.41, 5.74) is 5.13. The van der Waals surface area contributed by atoms with E-state index in [9.17, 15) is 9.18 Å². The molecule has 2 amide bonds. The zero-order chi connectivity index (χ0) is 24.1. The van der Waals surface area contributed by atoms with Gasteiger partial charge in [-0.15, -0.1) is 11.3 Å². The number of fused-ring (bicyclic) bond motifs is 5. The summed E-state index contributed by atoms with van der Waals surface area (Å²) < 4.78 is 15.7. The molecule has 5 nitrogen and oxygen atoms in total. The number of halogens is 2. The average Bonchev–Trinajstić information content (AvgIpc) is 3.43. The third kappa shape index (κ3) is 4.03. The molecule has 2 aliphatic rings. The minimum Gasteiger partial charge on any atom is -0.310 e. The van der Waals surface area contributed by atoms with Crippen molar-refractivity contribution in [3.8, 4) is 5.00 Å². The molecule has 8 heteroatoms. The lowest BCUT2D eigenvalue weighted by atomic mass is 10.0. The highest BCUT2D eigenvalue weighted by molar-refractivity contribution is 7.15. The molecule has 1 N–H and O–H groups in total. The largest absolute Gasteiger partial charge is 0.322 e. The summed E-state index contributed by atoms with van der Waals surface area (Å²) >= 11 is 8.02. The fraction of sp³-hybridized carbons (Fsp3) is 0.222. The zero-order valence-corrected chi connectivity index (χ0v) is 20.7. The number of anilines is 1. The van der Waals surface area contributed by atoms with Crippen molar-refractivity contribution < 1.29 is 9.18 Å². The molecule has 0 spiro atoms. The molecule has 0 saturated carbocycles. The number of thiophene rings is 1. The van der Waals surface area contributed by atoms with Crippen LogP contribution in [0, 0.1) is 5.82 Å². The summed E-state index contributed by atoms with van der Waals surface area (Å²) in [7, 11) is 2.15. The molecular formula is C27H24ClFN4OS. The first-order chi connectivity index (χ1) is 17.0. The smallest absolute Gasteiger partial charge is 0.310 e. The summed E-state index contributed by atoms with van der Waals surface area (Å²) in [5.74, 6) is -0.339. The SMILES string of the molecule is CN1CCc2c(sc3c2CN(C(=O)Nc2ccc(F)cc2)C(c2ccc(Cl)cc2)c2cccn2-3)C1. The first-order valence-electron chi connectivity index (χ1n) is 11.6. The number of benzene rings is 2. The third-order valence-corrected chi connectivity index (χ3v) is 8.31. The predicted molar refractivity (Wildman–Crippen MR) is 138 cm³/mol. The Morgan fingerprint density at radius 3 is 2.60 bits per heavy atom. The normalized spacial score (nSPS) is 17.3. The fourth-order valence-corrected chi connectivity index (χ4v) is 6.64. The Bertz CT molecular complexity index is 1400. The van der Waals surface area contributed by atoms with Crippen LogP contribution in [-0.2, 0) is 19.5 Å². The third-order valence-electron chi connectivity index (χ3n) is 6.80. The van der Waals surface area contributed by atoms with Gasteiger partial charge in [-0.2, -0.15) is 0 Å². The standard InChI is InChI=1S/C27H24ClFN4OS/c1-31-14-12-21-22-15-33(27(34)30-20-10-8-19(29)9-11-20)25(17-4-6-18(28)7-5-17)23-3-2-13-32(23)26(22)35-24(21)16-31/h2-11,13,25H,12,14-16H2,1H3,(H,30,34).